The number of hydrogen-bond donors (Lipinski definition) is 1. The van der Waals surface area contributed by atoms with Gasteiger partial charge in [0.15, 0.2) is 0 Å². The first-order chi connectivity index (χ1) is 6.26. The summed E-state index contributed by atoms with van der Waals surface area (Å²) in [6.45, 7) is 4.42. The lowest BCUT2D eigenvalue weighted by molar-refractivity contribution is 0.250. The van der Waals surface area contributed by atoms with E-state index in [2.05, 4.69) is 17.3 Å². The van der Waals surface area contributed by atoms with Crippen molar-refractivity contribution in [2.24, 2.45) is 5.92 Å². The van der Waals surface area contributed by atoms with Gasteiger partial charge in [-0.15, -0.1) is 11.3 Å². The number of thioether (sulfide) groups is 1. The topological polar surface area (TPSA) is 33.1 Å². The number of thiazole rings is 1. The third kappa shape index (κ3) is 3.67. The lowest BCUT2D eigenvalue weighted by Crippen LogP contribution is -2.02. The highest BCUT2D eigenvalue weighted by Crippen LogP contribution is 2.24. The van der Waals surface area contributed by atoms with Gasteiger partial charge >= 0.3 is 0 Å². The van der Waals surface area contributed by atoms with Gasteiger partial charge in [-0.25, -0.2) is 4.98 Å². The summed E-state index contributed by atoms with van der Waals surface area (Å²) < 4.78 is 1.12. The first-order valence-corrected chi connectivity index (χ1v) is 6.30. The van der Waals surface area contributed by atoms with E-state index in [1.54, 1.807) is 23.1 Å². The monoisotopic (exact) mass is 217 g/mol. The second-order valence-electron chi connectivity index (χ2n) is 3.06. The molecule has 0 radical (unpaired) electrons. The quantitative estimate of drug-likeness (QED) is 0.769. The van der Waals surface area contributed by atoms with E-state index in [9.17, 15) is 0 Å². The van der Waals surface area contributed by atoms with Crippen molar-refractivity contribution in [3.05, 3.63) is 11.1 Å². The van der Waals surface area contributed by atoms with Crippen molar-refractivity contribution < 1.29 is 5.11 Å². The molecule has 1 atom stereocenters. The molecule has 13 heavy (non-hydrogen) atoms. The highest BCUT2D eigenvalue weighted by Gasteiger charge is 2.04. The molecular formula is C9H15NOS2. The number of nitrogens with zero attached hydrogens (tertiary/aromatic N) is 1. The number of aliphatic hydroxyl groups excluding tert-OH is 1. The van der Waals surface area contributed by atoms with E-state index in [-0.39, 0.29) is 6.61 Å². The van der Waals surface area contributed by atoms with E-state index in [4.69, 9.17) is 5.11 Å². The molecule has 1 aromatic heterocycles. The normalized spacial score (nSPS) is 13.2. The minimum absolute atomic E-state index is 0.263. The lowest BCUT2D eigenvalue weighted by atomic mass is 10.2. The standard InChI is InChI=1S/C9H15NOS2/c1-3-8-6-13-9(10-8)12-5-7(2)4-11/h6-7,11H,3-5H2,1-2H3. The Bertz CT molecular complexity index is 250. The second-order valence-corrected chi connectivity index (χ2v) is 5.18. The van der Waals surface area contributed by atoms with Gasteiger partial charge in [-0.05, 0) is 12.3 Å². The van der Waals surface area contributed by atoms with Gasteiger partial charge in [-0.3, -0.25) is 0 Å². The van der Waals surface area contributed by atoms with Crippen molar-refractivity contribution in [1.82, 2.24) is 4.98 Å². The van der Waals surface area contributed by atoms with Gasteiger partial charge in [0.1, 0.15) is 4.34 Å². The predicted octanol–water partition coefficient (Wildman–Crippen LogP) is 2.43. The van der Waals surface area contributed by atoms with Gasteiger partial charge < -0.3 is 5.11 Å². The Hall–Kier alpha value is -0.0600. The maximum atomic E-state index is 8.83. The van der Waals surface area contributed by atoms with Crippen molar-refractivity contribution in [2.75, 3.05) is 12.4 Å². The molecule has 1 heterocycles. The third-order valence-corrected chi connectivity index (χ3v) is 4.09. The van der Waals surface area contributed by atoms with E-state index < -0.39 is 0 Å². The van der Waals surface area contributed by atoms with E-state index in [1.807, 2.05) is 6.92 Å². The average molecular weight is 217 g/mol. The fourth-order valence-corrected chi connectivity index (χ4v) is 2.74. The van der Waals surface area contributed by atoms with Crippen LogP contribution in [0, 0.1) is 5.92 Å². The number of aryl methyl sites for hydroxylation is 1. The Labute approximate surface area is 87.4 Å². The Morgan fingerprint density at radius 1 is 1.69 bits per heavy atom. The van der Waals surface area contributed by atoms with Crippen LogP contribution < -0.4 is 0 Å². The van der Waals surface area contributed by atoms with Crippen molar-refractivity contribution in [3.8, 4) is 0 Å². The molecule has 1 unspecified atom stereocenters. The van der Waals surface area contributed by atoms with Crippen LogP contribution >= 0.6 is 23.1 Å². The van der Waals surface area contributed by atoms with Crippen LogP contribution in [0.4, 0.5) is 0 Å². The largest absolute Gasteiger partial charge is 0.396 e. The Morgan fingerprint density at radius 3 is 3.00 bits per heavy atom. The van der Waals surface area contributed by atoms with Crippen LogP contribution in [0.5, 0.6) is 0 Å². The van der Waals surface area contributed by atoms with Crippen LogP contribution in [0.25, 0.3) is 0 Å². The SMILES string of the molecule is CCc1csc(SCC(C)CO)n1. The van der Waals surface area contributed by atoms with Crippen molar-refractivity contribution in [3.63, 3.8) is 0 Å². The summed E-state index contributed by atoms with van der Waals surface area (Å²) in [5.74, 6) is 1.31. The predicted molar refractivity (Wildman–Crippen MR) is 58.5 cm³/mol. The van der Waals surface area contributed by atoms with Crippen LogP contribution in [-0.2, 0) is 6.42 Å². The molecule has 0 fully saturated rings. The third-order valence-electron chi connectivity index (χ3n) is 1.70. The van der Waals surface area contributed by atoms with Gasteiger partial charge in [0, 0.05) is 17.7 Å². The fraction of sp³-hybridized carbons (Fsp3) is 0.667. The molecule has 0 saturated carbocycles. The Balaban J connectivity index is 2.36. The highest BCUT2D eigenvalue weighted by atomic mass is 32.2. The van der Waals surface area contributed by atoms with Crippen molar-refractivity contribution in [2.45, 2.75) is 24.6 Å². The molecule has 1 N–H and O–H groups in total. The molecule has 0 aliphatic rings. The maximum Gasteiger partial charge on any atom is 0.150 e. The molecule has 0 aliphatic carbocycles. The molecule has 0 aliphatic heterocycles. The molecule has 0 bridgehead atoms. The zero-order valence-corrected chi connectivity index (χ0v) is 9.62. The zero-order chi connectivity index (χ0) is 9.68. The smallest absolute Gasteiger partial charge is 0.150 e. The molecule has 74 valence electrons. The van der Waals surface area contributed by atoms with Gasteiger partial charge in [0.05, 0.1) is 5.69 Å². The molecule has 0 amide bonds. The van der Waals surface area contributed by atoms with E-state index in [0.29, 0.717) is 5.92 Å². The number of aliphatic hydroxyl groups is 1. The van der Waals surface area contributed by atoms with Gasteiger partial charge in [-0.1, -0.05) is 25.6 Å². The second kappa shape index (κ2) is 5.62. The number of rotatable bonds is 5. The van der Waals surface area contributed by atoms with Crippen LogP contribution in [0.15, 0.2) is 9.72 Å². The van der Waals surface area contributed by atoms with Crippen LogP contribution in [0.2, 0.25) is 0 Å². The molecule has 0 spiro atoms. The maximum absolute atomic E-state index is 8.83. The van der Waals surface area contributed by atoms with Crippen LogP contribution in [0.1, 0.15) is 19.5 Å². The summed E-state index contributed by atoms with van der Waals surface area (Å²) >= 11 is 3.43. The first-order valence-electron chi connectivity index (χ1n) is 4.44. The Morgan fingerprint density at radius 2 is 2.46 bits per heavy atom. The highest BCUT2D eigenvalue weighted by molar-refractivity contribution is 8.01. The molecule has 1 aromatic rings. The molecule has 4 heteroatoms. The van der Waals surface area contributed by atoms with E-state index in [1.165, 1.54) is 5.69 Å². The minimum atomic E-state index is 0.263. The molecule has 1 rings (SSSR count). The van der Waals surface area contributed by atoms with Crippen molar-refractivity contribution >= 4 is 23.1 Å². The first kappa shape index (κ1) is 11.0. The summed E-state index contributed by atoms with van der Waals surface area (Å²) in [7, 11) is 0. The number of aromatic nitrogens is 1. The number of hydrogen-bond acceptors (Lipinski definition) is 4. The van der Waals surface area contributed by atoms with E-state index in [0.717, 1.165) is 16.5 Å². The van der Waals surface area contributed by atoms with Crippen LogP contribution in [0.3, 0.4) is 0 Å². The summed E-state index contributed by atoms with van der Waals surface area (Å²) in [5, 5.41) is 10.9. The van der Waals surface area contributed by atoms with Crippen molar-refractivity contribution in [1.29, 1.82) is 0 Å². The van der Waals surface area contributed by atoms with Crippen LogP contribution in [-0.4, -0.2) is 22.5 Å². The summed E-state index contributed by atoms with van der Waals surface area (Å²) in [6.07, 6.45) is 1.01. The average Bonchev–Trinajstić information content (AvgIpc) is 2.61. The zero-order valence-electron chi connectivity index (χ0n) is 7.99. The summed E-state index contributed by atoms with van der Waals surface area (Å²) in [6, 6.07) is 0. The van der Waals surface area contributed by atoms with Gasteiger partial charge in [0.25, 0.3) is 0 Å². The molecule has 0 saturated heterocycles. The molecule has 2 nitrogen and oxygen atoms in total. The minimum Gasteiger partial charge on any atom is -0.396 e. The molecule has 0 aromatic carbocycles. The van der Waals surface area contributed by atoms with Gasteiger partial charge in [-0.2, -0.15) is 0 Å². The van der Waals surface area contributed by atoms with E-state index >= 15 is 0 Å². The summed E-state index contributed by atoms with van der Waals surface area (Å²) in [5.41, 5.74) is 1.17. The summed E-state index contributed by atoms with van der Waals surface area (Å²) in [4.78, 5) is 4.43. The lowest BCUT2D eigenvalue weighted by Gasteiger charge is -2.03. The Kier molecular flexibility index (Phi) is 4.77. The van der Waals surface area contributed by atoms with Gasteiger partial charge in [0.2, 0.25) is 0 Å². The molecular weight excluding hydrogens is 202 g/mol. The fourth-order valence-electron chi connectivity index (χ4n) is 0.783.